The molecule has 1 saturated heterocycles. The summed E-state index contributed by atoms with van der Waals surface area (Å²) in [6.45, 7) is 0.700. The van der Waals surface area contributed by atoms with Crippen LogP contribution in [0.3, 0.4) is 0 Å². The van der Waals surface area contributed by atoms with E-state index in [0.29, 0.717) is 18.5 Å². The first kappa shape index (κ1) is 15.7. The minimum absolute atomic E-state index is 0.00509. The van der Waals surface area contributed by atoms with Gasteiger partial charge >= 0.3 is 0 Å². The summed E-state index contributed by atoms with van der Waals surface area (Å²) in [6.07, 6.45) is 0.435. The Kier molecular flexibility index (Phi) is 4.48. The van der Waals surface area contributed by atoms with Crippen LogP contribution in [-0.4, -0.2) is 38.1 Å². The summed E-state index contributed by atoms with van der Waals surface area (Å²) in [5.41, 5.74) is 1.41. The number of amides is 1. The summed E-state index contributed by atoms with van der Waals surface area (Å²) >= 11 is 0. The molecule has 0 spiro atoms. The lowest BCUT2D eigenvalue weighted by Crippen LogP contribution is -2.33. The molecule has 4 nitrogen and oxygen atoms in total. The van der Waals surface area contributed by atoms with Gasteiger partial charge in [0.05, 0.1) is 11.0 Å². The molecule has 1 unspecified atom stereocenters. The van der Waals surface area contributed by atoms with E-state index in [2.05, 4.69) is 0 Å². The van der Waals surface area contributed by atoms with Crippen LogP contribution in [0.4, 0.5) is 0 Å². The van der Waals surface area contributed by atoms with Crippen LogP contribution in [0.25, 0.3) is 0 Å². The van der Waals surface area contributed by atoms with Crippen LogP contribution < -0.4 is 0 Å². The van der Waals surface area contributed by atoms with E-state index in [1.165, 1.54) is 0 Å². The van der Waals surface area contributed by atoms with E-state index in [9.17, 15) is 13.2 Å². The van der Waals surface area contributed by atoms with Crippen molar-refractivity contribution < 1.29 is 13.2 Å². The zero-order valence-corrected chi connectivity index (χ0v) is 13.6. The van der Waals surface area contributed by atoms with Crippen LogP contribution >= 0.6 is 0 Å². The van der Waals surface area contributed by atoms with Crippen LogP contribution in [0.5, 0.6) is 0 Å². The Morgan fingerprint density at radius 2 is 1.52 bits per heavy atom. The van der Waals surface area contributed by atoms with Crippen molar-refractivity contribution >= 4 is 15.7 Å². The second-order valence-corrected chi connectivity index (χ2v) is 8.02. The maximum Gasteiger partial charge on any atom is 0.253 e. The van der Waals surface area contributed by atoms with Crippen LogP contribution in [0.2, 0.25) is 0 Å². The molecule has 1 fully saturated rings. The maximum atomic E-state index is 12.6. The van der Waals surface area contributed by atoms with Crippen molar-refractivity contribution in [3.05, 3.63) is 71.8 Å². The minimum Gasteiger partial charge on any atom is -0.338 e. The predicted octanol–water partition coefficient (Wildman–Crippen LogP) is 2.69. The lowest BCUT2D eigenvalue weighted by atomic mass is 10.1. The summed E-state index contributed by atoms with van der Waals surface area (Å²) in [5.74, 6) is -0.0972. The van der Waals surface area contributed by atoms with Gasteiger partial charge in [-0.3, -0.25) is 4.79 Å². The van der Waals surface area contributed by atoms with Crippen LogP contribution in [0.15, 0.2) is 60.7 Å². The van der Waals surface area contributed by atoms with Crippen molar-refractivity contribution in [1.82, 2.24) is 4.90 Å². The van der Waals surface area contributed by atoms with E-state index in [0.717, 1.165) is 5.56 Å². The van der Waals surface area contributed by atoms with E-state index in [1.54, 1.807) is 17.0 Å². The SMILES string of the molecule is O=C(c1ccccc1)N1CCC(c2ccccc2)S(=O)(=O)CC1. The van der Waals surface area contributed by atoms with Crippen molar-refractivity contribution in [3.8, 4) is 0 Å². The van der Waals surface area contributed by atoms with E-state index in [-0.39, 0.29) is 18.2 Å². The summed E-state index contributed by atoms with van der Waals surface area (Å²) in [5, 5.41) is -0.530. The molecule has 1 amide bonds. The zero-order valence-electron chi connectivity index (χ0n) is 12.8. The number of rotatable bonds is 2. The van der Waals surface area contributed by atoms with Gasteiger partial charge in [0, 0.05) is 18.7 Å². The van der Waals surface area contributed by atoms with Crippen LogP contribution in [0.1, 0.15) is 27.6 Å². The van der Waals surface area contributed by atoms with Gasteiger partial charge in [-0.2, -0.15) is 0 Å². The number of nitrogens with zero attached hydrogens (tertiary/aromatic N) is 1. The predicted molar refractivity (Wildman–Crippen MR) is 89.9 cm³/mol. The third-order valence-electron chi connectivity index (χ3n) is 4.22. The second kappa shape index (κ2) is 6.54. The molecule has 1 aliphatic heterocycles. The molecule has 1 aliphatic rings. The highest BCUT2D eigenvalue weighted by atomic mass is 32.2. The molecule has 23 heavy (non-hydrogen) atoms. The van der Waals surface area contributed by atoms with Gasteiger partial charge in [0.25, 0.3) is 5.91 Å². The Balaban J connectivity index is 1.82. The van der Waals surface area contributed by atoms with Gasteiger partial charge in [-0.15, -0.1) is 0 Å². The molecular formula is C18H19NO3S. The smallest absolute Gasteiger partial charge is 0.253 e. The molecule has 2 aromatic rings. The fourth-order valence-electron chi connectivity index (χ4n) is 2.95. The Morgan fingerprint density at radius 1 is 0.913 bits per heavy atom. The lowest BCUT2D eigenvalue weighted by Gasteiger charge is -2.20. The molecule has 5 heteroatoms. The van der Waals surface area contributed by atoms with Gasteiger partial charge in [-0.25, -0.2) is 8.42 Å². The maximum absolute atomic E-state index is 12.6. The minimum atomic E-state index is -3.26. The molecule has 3 rings (SSSR count). The summed E-state index contributed by atoms with van der Waals surface area (Å²) in [4.78, 5) is 14.2. The van der Waals surface area contributed by atoms with E-state index >= 15 is 0 Å². The van der Waals surface area contributed by atoms with Crippen LogP contribution in [-0.2, 0) is 9.84 Å². The van der Waals surface area contributed by atoms with Gasteiger partial charge in [0.2, 0.25) is 0 Å². The summed E-state index contributed by atoms with van der Waals surface area (Å²) in [7, 11) is -3.26. The third-order valence-corrected chi connectivity index (χ3v) is 6.35. The molecule has 1 heterocycles. The van der Waals surface area contributed by atoms with Gasteiger partial charge in [-0.1, -0.05) is 48.5 Å². The Bertz CT molecular complexity index is 772. The van der Waals surface area contributed by atoms with Crippen molar-refractivity contribution in [1.29, 1.82) is 0 Å². The lowest BCUT2D eigenvalue weighted by molar-refractivity contribution is 0.0766. The average molecular weight is 329 g/mol. The number of carbonyl (C=O) groups excluding carboxylic acids is 1. The molecule has 0 radical (unpaired) electrons. The average Bonchev–Trinajstić information content (AvgIpc) is 2.74. The molecule has 0 saturated carbocycles. The molecule has 0 aliphatic carbocycles. The first-order valence-corrected chi connectivity index (χ1v) is 9.40. The molecule has 0 aromatic heterocycles. The summed E-state index contributed by atoms with van der Waals surface area (Å²) < 4.78 is 25.1. The van der Waals surface area contributed by atoms with Crippen molar-refractivity contribution in [3.63, 3.8) is 0 Å². The molecule has 0 N–H and O–H groups in total. The highest BCUT2D eigenvalue weighted by Gasteiger charge is 2.32. The number of sulfone groups is 1. The van der Waals surface area contributed by atoms with Crippen molar-refractivity contribution in [2.45, 2.75) is 11.7 Å². The monoisotopic (exact) mass is 329 g/mol. The topological polar surface area (TPSA) is 54.5 Å². The van der Waals surface area contributed by atoms with E-state index < -0.39 is 15.1 Å². The molecular weight excluding hydrogens is 310 g/mol. The van der Waals surface area contributed by atoms with Gasteiger partial charge in [0.15, 0.2) is 9.84 Å². The Hall–Kier alpha value is -2.14. The normalized spacial score (nSPS) is 20.7. The first-order chi connectivity index (χ1) is 11.1. The number of hydrogen-bond donors (Lipinski definition) is 0. The molecule has 2 aromatic carbocycles. The Morgan fingerprint density at radius 3 is 2.17 bits per heavy atom. The molecule has 1 atom stereocenters. The first-order valence-electron chi connectivity index (χ1n) is 7.69. The van der Waals surface area contributed by atoms with Gasteiger partial charge < -0.3 is 4.90 Å². The number of hydrogen-bond acceptors (Lipinski definition) is 3. The highest BCUT2D eigenvalue weighted by Crippen LogP contribution is 2.29. The summed E-state index contributed by atoms with van der Waals surface area (Å²) in [6, 6.07) is 18.3. The van der Waals surface area contributed by atoms with Crippen molar-refractivity contribution in [2.75, 3.05) is 18.8 Å². The highest BCUT2D eigenvalue weighted by molar-refractivity contribution is 7.91. The fourth-order valence-corrected chi connectivity index (χ4v) is 4.75. The largest absolute Gasteiger partial charge is 0.338 e. The standard InChI is InChI=1S/C18H19NO3S/c20-18(16-9-5-2-6-10-16)19-12-11-17(23(21,22)14-13-19)15-7-3-1-4-8-15/h1-10,17H,11-14H2. The second-order valence-electron chi connectivity index (χ2n) is 5.71. The van der Waals surface area contributed by atoms with E-state index in [4.69, 9.17) is 0 Å². The Labute approximate surface area is 136 Å². The van der Waals surface area contributed by atoms with Gasteiger partial charge in [-0.05, 0) is 24.1 Å². The quantitative estimate of drug-likeness (QED) is 0.851. The number of benzene rings is 2. The molecule has 0 bridgehead atoms. The van der Waals surface area contributed by atoms with Crippen molar-refractivity contribution in [2.24, 2.45) is 0 Å². The number of carbonyl (C=O) groups is 1. The van der Waals surface area contributed by atoms with Gasteiger partial charge in [0.1, 0.15) is 0 Å². The van der Waals surface area contributed by atoms with E-state index in [1.807, 2.05) is 48.5 Å². The third kappa shape index (κ3) is 3.45. The van der Waals surface area contributed by atoms with Crippen LogP contribution in [0, 0.1) is 0 Å². The fraction of sp³-hybridized carbons (Fsp3) is 0.278. The molecule has 120 valence electrons. The zero-order chi connectivity index (χ0) is 16.3.